The van der Waals surface area contributed by atoms with Crippen molar-refractivity contribution >= 4 is 23.4 Å². The van der Waals surface area contributed by atoms with Crippen LogP contribution in [-0.2, 0) is 9.59 Å². The molecule has 2 amide bonds. The smallest absolute Gasteiger partial charge is 0.246 e. The van der Waals surface area contributed by atoms with Crippen LogP contribution in [0.2, 0.25) is 0 Å². The fourth-order valence-corrected chi connectivity index (χ4v) is 2.50. The molecule has 1 saturated carbocycles. The van der Waals surface area contributed by atoms with Crippen LogP contribution in [0.25, 0.3) is 0 Å². The zero-order chi connectivity index (χ0) is 13.3. The van der Waals surface area contributed by atoms with E-state index in [1.165, 1.54) is 5.54 Å². The predicted octanol–water partition coefficient (Wildman–Crippen LogP) is 1.64. The Balaban J connectivity index is 2.18. The van der Waals surface area contributed by atoms with Gasteiger partial charge in [-0.15, -0.1) is 0 Å². The molecule has 0 bridgehead atoms. The molecule has 2 fully saturated rings. The quantitative estimate of drug-likeness (QED) is 0.844. The second kappa shape index (κ2) is 5.31. The summed E-state index contributed by atoms with van der Waals surface area (Å²) in [6.45, 7) is 4.23. The van der Waals surface area contributed by atoms with E-state index in [2.05, 4.69) is 5.32 Å². The Bertz CT molecular complexity index is 390. The van der Waals surface area contributed by atoms with Crippen molar-refractivity contribution < 1.29 is 9.59 Å². The first-order chi connectivity index (χ1) is 8.58. The molecule has 5 heteroatoms. The Hall–Kier alpha value is -1.03. The highest BCUT2D eigenvalue weighted by Crippen LogP contribution is 2.35. The molecule has 0 aromatic rings. The molecule has 0 radical (unpaired) electrons. The molecule has 1 heterocycles. The molecule has 1 aliphatic carbocycles. The third-order valence-corrected chi connectivity index (χ3v) is 3.98. The number of rotatable bonds is 4. The third kappa shape index (κ3) is 2.53. The molecule has 0 aromatic heterocycles. The largest absolute Gasteiger partial charge is 0.342 e. The summed E-state index contributed by atoms with van der Waals surface area (Å²) in [7, 11) is 0. The minimum absolute atomic E-state index is 0.0311. The predicted molar refractivity (Wildman–Crippen MR) is 70.1 cm³/mol. The van der Waals surface area contributed by atoms with Gasteiger partial charge in [-0.25, -0.2) is 0 Å². The molecule has 1 N–H and O–H groups in total. The van der Waals surface area contributed by atoms with Gasteiger partial charge in [0.05, 0.1) is 0 Å². The first-order valence-electron chi connectivity index (χ1n) is 6.45. The SMILES string of the molecule is CCC1C(=O)NC(C2CC2)C(=O)N1CC(C)=CCl. The van der Waals surface area contributed by atoms with E-state index in [1.807, 2.05) is 13.8 Å². The van der Waals surface area contributed by atoms with Crippen LogP contribution in [0.3, 0.4) is 0 Å². The molecular weight excluding hydrogens is 252 g/mol. The van der Waals surface area contributed by atoms with E-state index in [9.17, 15) is 9.59 Å². The summed E-state index contributed by atoms with van der Waals surface area (Å²) >= 11 is 5.66. The number of hydrogen-bond donors (Lipinski definition) is 1. The van der Waals surface area contributed by atoms with E-state index in [-0.39, 0.29) is 23.9 Å². The highest BCUT2D eigenvalue weighted by molar-refractivity contribution is 6.25. The van der Waals surface area contributed by atoms with Crippen molar-refractivity contribution in [2.24, 2.45) is 5.92 Å². The summed E-state index contributed by atoms with van der Waals surface area (Å²) < 4.78 is 0. The van der Waals surface area contributed by atoms with Crippen LogP contribution in [-0.4, -0.2) is 35.3 Å². The molecular formula is C13H19ClN2O2. The topological polar surface area (TPSA) is 49.4 Å². The van der Waals surface area contributed by atoms with E-state index in [4.69, 9.17) is 11.6 Å². The lowest BCUT2D eigenvalue weighted by Gasteiger charge is -2.39. The lowest BCUT2D eigenvalue weighted by molar-refractivity contribution is -0.149. The van der Waals surface area contributed by atoms with E-state index in [0.717, 1.165) is 18.4 Å². The summed E-state index contributed by atoms with van der Waals surface area (Å²) in [5.74, 6) is 0.347. The van der Waals surface area contributed by atoms with Crippen molar-refractivity contribution in [2.75, 3.05) is 6.54 Å². The van der Waals surface area contributed by atoms with Gasteiger partial charge >= 0.3 is 0 Å². The summed E-state index contributed by atoms with van der Waals surface area (Å²) in [4.78, 5) is 26.1. The Kier molecular flexibility index (Phi) is 3.95. The monoisotopic (exact) mass is 270 g/mol. The van der Waals surface area contributed by atoms with E-state index in [1.54, 1.807) is 4.90 Å². The van der Waals surface area contributed by atoms with Crippen LogP contribution >= 0.6 is 11.6 Å². The van der Waals surface area contributed by atoms with Gasteiger partial charge in [-0.3, -0.25) is 9.59 Å². The van der Waals surface area contributed by atoms with Gasteiger partial charge < -0.3 is 10.2 Å². The van der Waals surface area contributed by atoms with E-state index < -0.39 is 0 Å². The summed E-state index contributed by atoms with van der Waals surface area (Å²) in [5, 5.41) is 2.87. The van der Waals surface area contributed by atoms with Gasteiger partial charge in [0.25, 0.3) is 0 Å². The van der Waals surface area contributed by atoms with Crippen molar-refractivity contribution in [3.8, 4) is 0 Å². The highest BCUT2D eigenvalue weighted by Gasteiger charge is 2.46. The second-order valence-corrected chi connectivity index (χ2v) is 5.39. The molecule has 2 aliphatic rings. The normalized spacial score (nSPS) is 29.5. The van der Waals surface area contributed by atoms with Gasteiger partial charge in [0.2, 0.25) is 11.8 Å². The molecule has 0 aromatic carbocycles. The standard InChI is InChI=1S/C13H19ClN2O2/c1-3-10-12(17)15-11(9-4-5-9)13(18)16(10)7-8(2)6-14/h6,9-11H,3-5,7H2,1-2H3,(H,15,17). The van der Waals surface area contributed by atoms with Crippen LogP contribution in [0.5, 0.6) is 0 Å². The minimum Gasteiger partial charge on any atom is -0.342 e. The molecule has 2 atom stereocenters. The van der Waals surface area contributed by atoms with Gasteiger partial charge in [-0.05, 0) is 37.7 Å². The molecule has 2 rings (SSSR count). The fraction of sp³-hybridized carbons (Fsp3) is 0.692. The van der Waals surface area contributed by atoms with E-state index >= 15 is 0 Å². The molecule has 1 saturated heterocycles. The maximum atomic E-state index is 12.4. The number of nitrogens with one attached hydrogen (secondary N) is 1. The minimum atomic E-state index is -0.362. The van der Waals surface area contributed by atoms with Crippen LogP contribution in [0.15, 0.2) is 11.1 Å². The van der Waals surface area contributed by atoms with Gasteiger partial charge in [-0.1, -0.05) is 18.5 Å². The first-order valence-corrected chi connectivity index (χ1v) is 6.88. The Labute approximate surface area is 112 Å². The summed E-state index contributed by atoms with van der Waals surface area (Å²) in [5.41, 5.74) is 2.37. The maximum absolute atomic E-state index is 12.4. The average molecular weight is 271 g/mol. The first kappa shape index (κ1) is 13.4. The molecule has 0 spiro atoms. The molecule has 2 unspecified atom stereocenters. The molecule has 18 heavy (non-hydrogen) atoms. The van der Waals surface area contributed by atoms with E-state index in [0.29, 0.717) is 18.9 Å². The molecule has 100 valence electrons. The van der Waals surface area contributed by atoms with Crippen LogP contribution in [0.1, 0.15) is 33.1 Å². The zero-order valence-electron chi connectivity index (χ0n) is 10.8. The number of piperazine rings is 1. The molecule has 4 nitrogen and oxygen atoms in total. The Morgan fingerprint density at radius 1 is 1.50 bits per heavy atom. The van der Waals surface area contributed by atoms with Crippen molar-refractivity contribution in [1.29, 1.82) is 0 Å². The van der Waals surface area contributed by atoms with Crippen LogP contribution in [0.4, 0.5) is 0 Å². The van der Waals surface area contributed by atoms with Crippen molar-refractivity contribution in [3.63, 3.8) is 0 Å². The number of amides is 2. The maximum Gasteiger partial charge on any atom is 0.246 e. The van der Waals surface area contributed by atoms with Gasteiger partial charge in [-0.2, -0.15) is 0 Å². The van der Waals surface area contributed by atoms with Crippen molar-refractivity contribution in [3.05, 3.63) is 11.1 Å². The van der Waals surface area contributed by atoms with Gasteiger partial charge in [0.15, 0.2) is 0 Å². The number of carbonyl (C=O) groups excluding carboxylic acids is 2. The lowest BCUT2D eigenvalue weighted by Crippen LogP contribution is -2.64. The third-order valence-electron chi connectivity index (χ3n) is 3.61. The Morgan fingerprint density at radius 3 is 2.67 bits per heavy atom. The average Bonchev–Trinajstić information content (AvgIpc) is 3.17. The van der Waals surface area contributed by atoms with Crippen LogP contribution < -0.4 is 5.32 Å². The number of nitrogens with zero attached hydrogens (tertiary/aromatic N) is 1. The molecule has 1 aliphatic heterocycles. The zero-order valence-corrected chi connectivity index (χ0v) is 11.5. The van der Waals surface area contributed by atoms with Crippen LogP contribution in [0, 0.1) is 5.92 Å². The summed E-state index contributed by atoms with van der Waals surface area (Å²) in [6, 6.07) is -0.678. The summed E-state index contributed by atoms with van der Waals surface area (Å²) in [6.07, 6.45) is 2.70. The number of hydrogen-bond acceptors (Lipinski definition) is 2. The van der Waals surface area contributed by atoms with Gasteiger partial charge in [0, 0.05) is 12.1 Å². The second-order valence-electron chi connectivity index (χ2n) is 5.17. The van der Waals surface area contributed by atoms with Gasteiger partial charge in [0.1, 0.15) is 12.1 Å². The Morgan fingerprint density at radius 2 is 2.17 bits per heavy atom. The lowest BCUT2D eigenvalue weighted by atomic mass is 10.0. The number of carbonyl (C=O) groups is 2. The van der Waals surface area contributed by atoms with Crippen molar-refractivity contribution in [2.45, 2.75) is 45.2 Å². The number of halogens is 1. The highest BCUT2D eigenvalue weighted by atomic mass is 35.5. The fourth-order valence-electron chi connectivity index (χ4n) is 2.43. The van der Waals surface area contributed by atoms with Crippen molar-refractivity contribution in [1.82, 2.24) is 10.2 Å².